The molecule has 0 fully saturated rings. The van der Waals surface area contributed by atoms with Crippen LogP contribution in [0.15, 0.2) is 48.5 Å². The van der Waals surface area contributed by atoms with E-state index in [9.17, 15) is 9.18 Å². The first kappa shape index (κ1) is 13.6. The van der Waals surface area contributed by atoms with Crippen molar-refractivity contribution in [3.63, 3.8) is 0 Å². The first-order valence-corrected chi connectivity index (χ1v) is 6.14. The Morgan fingerprint density at radius 3 is 2.47 bits per heavy atom. The summed E-state index contributed by atoms with van der Waals surface area (Å²) in [4.78, 5) is 12.2. The highest BCUT2D eigenvalue weighted by atomic mass is 35.5. The number of halogens is 2. The summed E-state index contributed by atoms with van der Waals surface area (Å²) in [6.45, 7) is 0. The van der Waals surface area contributed by atoms with E-state index in [1.807, 2.05) is 6.07 Å². The summed E-state index contributed by atoms with van der Waals surface area (Å²) in [6.07, 6.45) is 0. The van der Waals surface area contributed by atoms with Crippen LogP contribution in [0.1, 0.15) is 21.3 Å². The summed E-state index contributed by atoms with van der Waals surface area (Å²) in [5.41, 5.74) is 0.910. The highest BCUT2D eigenvalue weighted by molar-refractivity contribution is 6.33. The third kappa shape index (κ3) is 2.93. The number of carbonyl (C=O) groups excluding carboxylic acids is 1. The van der Waals surface area contributed by atoms with E-state index in [0.29, 0.717) is 5.56 Å². The number of rotatable bonds is 4. The van der Waals surface area contributed by atoms with Crippen LogP contribution in [0.3, 0.4) is 0 Å². The van der Waals surface area contributed by atoms with Crippen LogP contribution in [0.25, 0.3) is 0 Å². The zero-order valence-corrected chi connectivity index (χ0v) is 11.0. The van der Waals surface area contributed by atoms with Gasteiger partial charge in [0.25, 0.3) is 0 Å². The van der Waals surface area contributed by atoms with Crippen molar-refractivity contribution in [3.05, 3.63) is 65.5 Å². The Kier molecular flexibility index (Phi) is 4.17. The fourth-order valence-electron chi connectivity index (χ4n) is 1.74. The minimum Gasteiger partial charge on any atom is -0.494 e. The number of ketones is 1. The molecule has 0 N–H and O–H groups in total. The molecule has 0 aliphatic heterocycles. The van der Waals surface area contributed by atoms with E-state index < -0.39 is 11.2 Å². The maximum absolute atomic E-state index is 13.6. The van der Waals surface area contributed by atoms with Crippen molar-refractivity contribution in [2.24, 2.45) is 0 Å². The summed E-state index contributed by atoms with van der Waals surface area (Å²) >= 11 is 6.11. The van der Waals surface area contributed by atoms with Gasteiger partial charge in [-0.05, 0) is 23.8 Å². The molecule has 0 aliphatic rings. The van der Waals surface area contributed by atoms with Crippen LogP contribution in [-0.4, -0.2) is 12.9 Å². The normalized spacial score (nSPS) is 11.9. The van der Waals surface area contributed by atoms with E-state index in [4.69, 9.17) is 16.3 Å². The van der Waals surface area contributed by atoms with E-state index >= 15 is 0 Å². The van der Waals surface area contributed by atoms with Gasteiger partial charge >= 0.3 is 0 Å². The Hall–Kier alpha value is -1.87. The van der Waals surface area contributed by atoms with E-state index in [-0.39, 0.29) is 17.1 Å². The van der Waals surface area contributed by atoms with Crippen LogP contribution in [0.5, 0.6) is 5.75 Å². The molecule has 1 atom stereocenters. The first-order chi connectivity index (χ1) is 9.13. The molecule has 0 saturated carbocycles. The third-order valence-corrected chi connectivity index (χ3v) is 3.21. The highest BCUT2D eigenvalue weighted by Gasteiger charge is 2.20. The molecule has 2 nitrogen and oxygen atoms in total. The van der Waals surface area contributed by atoms with Gasteiger partial charge in [-0.1, -0.05) is 30.3 Å². The summed E-state index contributed by atoms with van der Waals surface area (Å²) in [7, 11) is 1.37. The van der Waals surface area contributed by atoms with Crippen LogP contribution in [-0.2, 0) is 0 Å². The molecule has 2 rings (SSSR count). The van der Waals surface area contributed by atoms with Gasteiger partial charge < -0.3 is 4.74 Å². The Bertz CT molecular complexity index is 584. The predicted octanol–water partition coefficient (Wildman–Crippen LogP) is 4.00. The lowest BCUT2D eigenvalue weighted by molar-refractivity contribution is 0.0986. The molecule has 0 spiro atoms. The van der Waals surface area contributed by atoms with Crippen LogP contribution >= 0.6 is 11.6 Å². The van der Waals surface area contributed by atoms with Gasteiger partial charge in [-0.3, -0.25) is 4.79 Å². The standard InChI is InChI=1S/C15H12ClFO2/c1-19-13-8-7-11(9-12(13)17)15(18)14(16)10-5-3-2-4-6-10/h2-9,14H,1H3. The van der Waals surface area contributed by atoms with E-state index in [1.165, 1.54) is 19.2 Å². The van der Waals surface area contributed by atoms with Gasteiger partial charge in [0.05, 0.1) is 7.11 Å². The van der Waals surface area contributed by atoms with Crippen LogP contribution in [0.2, 0.25) is 0 Å². The molecule has 4 heteroatoms. The molecule has 0 aromatic heterocycles. The highest BCUT2D eigenvalue weighted by Crippen LogP contribution is 2.26. The average molecular weight is 279 g/mol. The first-order valence-electron chi connectivity index (χ1n) is 5.70. The number of carbonyl (C=O) groups is 1. The lowest BCUT2D eigenvalue weighted by atomic mass is 10.0. The summed E-state index contributed by atoms with van der Waals surface area (Å²) < 4.78 is 18.4. The Morgan fingerprint density at radius 2 is 1.89 bits per heavy atom. The zero-order chi connectivity index (χ0) is 13.8. The number of benzene rings is 2. The number of Topliss-reactive ketones (excluding diaryl/α,β-unsaturated/α-hetero) is 1. The lowest BCUT2D eigenvalue weighted by Gasteiger charge is -2.10. The van der Waals surface area contributed by atoms with E-state index in [0.717, 1.165) is 6.07 Å². The molecule has 98 valence electrons. The van der Waals surface area contributed by atoms with Crippen LogP contribution in [0, 0.1) is 5.82 Å². The number of hydrogen-bond acceptors (Lipinski definition) is 2. The van der Waals surface area contributed by atoms with Crippen molar-refractivity contribution in [2.75, 3.05) is 7.11 Å². The van der Waals surface area contributed by atoms with Crippen LogP contribution in [0.4, 0.5) is 4.39 Å². The van der Waals surface area contributed by atoms with Crippen molar-refractivity contribution in [2.45, 2.75) is 5.38 Å². The second kappa shape index (κ2) is 5.85. The van der Waals surface area contributed by atoms with Crippen molar-refractivity contribution in [1.82, 2.24) is 0 Å². The van der Waals surface area contributed by atoms with Crippen molar-refractivity contribution >= 4 is 17.4 Å². The smallest absolute Gasteiger partial charge is 0.185 e. The predicted molar refractivity (Wildman–Crippen MR) is 72.3 cm³/mol. The van der Waals surface area contributed by atoms with Crippen molar-refractivity contribution in [1.29, 1.82) is 0 Å². The molecule has 2 aromatic rings. The Balaban J connectivity index is 2.27. The number of alkyl halides is 1. The molecule has 19 heavy (non-hydrogen) atoms. The monoisotopic (exact) mass is 278 g/mol. The molecular formula is C15H12ClFO2. The molecule has 0 radical (unpaired) electrons. The molecule has 0 saturated heterocycles. The van der Waals surface area contributed by atoms with Crippen molar-refractivity contribution in [3.8, 4) is 5.75 Å². The molecule has 2 aromatic carbocycles. The Morgan fingerprint density at radius 1 is 1.21 bits per heavy atom. The minimum absolute atomic E-state index is 0.0994. The molecule has 0 bridgehead atoms. The zero-order valence-electron chi connectivity index (χ0n) is 10.3. The van der Waals surface area contributed by atoms with E-state index in [2.05, 4.69) is 0 Å². The van der Waals surface area contributed by atoms with Gasteiger partial charge in [-0.15, -0.1) is 11.6 Å². The number of ether oxygens (including phenoxy) is 1. The fraction of sp³-hybridized carbons (Fsp3) is 0.133. The second-order valence-corrected chi connectivity index (χ2v) is 4.42. The fourth-order valence-corrected chi connectivity index (χ4v) is 2.01. The molecule has 0 amide bonds. The third-order valence-electron chi connectivity index (χ3n) is 2.76. The topological polar surface area (TPSA) is 26.3 Å². The lowest BCUT2D eigenvalue weighted by Crippen LogP contribution is -2.08. The largest absolute Gasteiger partial charge is 0.494 e. The van der Waals surface area contributed by atoms with Gasteiger partial charge in [-0.25, -0.2) is 4.39 Å². The number of methoxy groups -OCH3 is 1. The SMILES string of the molecule is COc1ccc(C(=O)C(Cl)c2ccccc2)cc1F. The maximum atomic E-state index is 13.6. The summed E-state index contributed by atoms with van der Waals surface area (Å²) in [5, 5.41) is -0.825. The van der Waals surface area contributed by atoms with E-state index in [1.54, 1.807) is 24.3 Å². The Labute approximate surface area is 115 Å². The maximum Gasteiger partial charge on any atom is 0.185 e. The van der Waals surface area contributed by atoms with Crippen LogP contribution < -0.4 is 4.74 Å². The molecule has 0 aliphatic carbocycles. The van der Waals surface area contributed by atoms with Gasteiger partial charge in [-0.2, -0.15) is 0 Å². The number of hydrogen-bond donors (Lipinski definition) is 0. The van der Waals surface area contributed by atoms with Gasteiger partial charge in [0, 0.05) is 5.56 Å². The quantitative estimate of drug-likeness (QED) is 0.624. The van der Waals surface area contributed by atoms with Crippen molar-refractivity contribution < 1.29 is 13.9 Å². The van der Waals surface area contributed by atoms with Gasteiger partial charge in [0.15, 0.2) is 17.3 Å². The molecule has 1 unspecified atom stereocenters. The second-order valence-electron chi connectivity index (χ2n) is 3.99. The summed E-state index contributed by atoms with van der Waals surface area (Å²) in [5.74, 6) is -0.818. The summed E-state index contributed by atoms with van der Waals surface area (Å²) in [6, 6.07) is 13.0. The molecular weight excluding hydrogens is 267 g/mol. The van der Waals surface area contributed by atoms with Gasteiger partial charge in [0.2, 0.25) is 0 Å². The average Bonchev–Trinajstić information content (AvgIpc) is 2.46. The van der Waals surface area contributed by atoms with Gasteiger partial charge in [0.1, 0.15) is 5.38 Å². The minimum atomic E-state index is -0.825. The molecule has 0 heterocycles.